The molecule has 0 bridgehead atoms. The number of carbonyl (C=O) groups excluding carboxylic acids is 1. The molecule has 0 aromatic rings. The smallest absolute Gasteiger partial charge is 0.249 e. The molecule has 1 aliphatic heterocycles. The molecule has 1 aliphatic rings. The number of allylic oxidation sites excluding steroid dienone is 8. The Morgan fingerprint density at radius 2 is 0.833 bits per heavy atom. The highest BCUT2D eigenvalue weighted by molar-refractivity contribution is 5.80. The van der Waals surface area contributed by atoms with Crippen molar-refractivity contribution in [1.82, 2.24) is 5.32 Å². The van der Waals surface area contributed by atoms with Crippen molar-refractivity contribution in [2.45, 2.75) is 319 Å². The van der Waals surface area contributed by atoms with Crippen LogP contribution in [-0.2, 0) is 14.3 Å². The van der Waals surface area contributed by atoms with Crippen molar-refractivity contribution in [3.63, 3.8) is 0 Å². The summed E-state index contributed by atoms with van der Waals surface area (Å²) in [5, 5.41) is 76.2. The van der Waals surface area contributed by atoms with Gasteiger partial charge in [0.2, 0.25) is 5.91 Å². The number of aliphatic hydroxyl groups excluding tert-OH is 7. The Morgan fingerprint density at radius 1 is 0.472 bits per heavy atom. The standard InChI is InChI=1S/C61H113NO10/c1-3-5-7-9-11-13-15-17-19-21-23-25-27-29-31-33-35-37-39-41-43-45-47-49-54(65)60(70)62-52(51-71-61-59(69)58(68)57(67)55(50-63)72-61)56(66)53(64)48-46-44-42-40-38-36-34-32-30-28-26-24-22-20-18-16-14-12-10-8-6-4-2/h24,26,29,31-32,34,40,42,52-59,61,63-69H,3-23,25,27-28,30,33,35-39,41,43-51H2,1-2H3,(H,62,70)/b26-24+,31-29-,34-32+,42-40+. The predicted molar refractivity (Wildman–Crippen MR) is 298 cm³/mol. The van der Waals surface area contributed by atoms with Gasteiger partial charge in [0.1, 0.15) is 36.6 Å². The van der Waals surface area contributed by atoms with Crippen LogP contribution in [0.2, 0.25) is 0 Å². The van der Waals surface area contributed by atoms with E-state index in [4.69, 9.17) is 9.47 Å². The van der Waals surface area contributed by atoms with Crippen LogP contribution in [0.1, 0.15) is 264 Å². The van der Waals surface area contributed by atoms with Gasteiger partial charge in [-0.15, -0.1) is 0 Å². The SMILES string of the molecule is CCCCCCCCCCC/C=C/CC/C=C/CC/C=C/CCCC(O)C(O)C(COC1OC(CO)C(O)C(O)C1O)NC(=O)C(O)CCCCCCCCC/C=C\CCCCCCCCCCCCCC. The van der Waals surface area contributed by atoms with Gasteiger partial charge in [-0.2, -0.15) is 0 Å². The van der Waals surface area contributed by atoms with Gasteiger partial charge in [0.05, 0.1) is 25.4 Å². The number of ether oxygens (including phenoxy) is 2. The Hall–Kier alpha value is -1.93. The maximum atomic E-state index is 13.2. The van der Waals surface area contributed by atoms with E-state index >= 15 is 0 Å². The van der Waals surface area contributed by atoms with Crippen molar-refractivity contribution in [2.75, 3.05) is 13.2 Å². The molecule has 11 nitrogen and oxygen atoms in total. The van der Waals surface area contributed by atoms with Gasteiger partial charge in [-0.05, 0) is 89.9 Å². The Kier molecular flexibility index (Phi) is 47.2. The predicted octanol–water partition coefficient (Wildman–Crippen LogP) is 12.8. The molecular formula is C61H113NO10. The lowest BCUT2D eigenvalue weighted by Crippen LogP contribution is -2.60. The Morgan fingerprint density at radius 3 is 1.24 bits per heavy atom. The van der Waals surface area contributed by atoms with Crippen LogP contribution in [0.3, 0.4) is 0 Å². The molecule has 0 spiro atoms. The second kappa shape index (κ2) is 49.9. The lowest BCUT2D eigenvalue weighted by molar-refractivity contribution is -0.303. The Balaban J connectivity index is 2.35. The van der Waals surface area contributed by atoms with E-state index in [1.54, 1.807) is 0 Å². The fourth-order valence-electron chi connectivity index (χ4n) is 9.41. The minimum absolute atomic E-state index is 0.239. The minimum Gasteiger partial charge on any atom is -0.394 e. The van der Waals surface area contributed by atoms with Crippen molar-refractivity contribution >= 4 is 5.91 Å². The lowest BCUT2D eigenvalue weighted by Gasteiger charge is -2.40. The first-order valence-electron chi connectivity index (χ1n) is 30.0. The highest BCUT2D eigenvalue weighted by Gasteiger charge is 2.44. The quantitative estimate of drug-likeness (QED) is 0.0215. The average molecular weight is 1020 g/mol. The van der Waals surface area contributed by atoms with Crippen LogP contribution in [0.5, 0.6) is 0 Å². The van der Waals surface area contributed by atoms with E-state index in [1.807, 2.05) is 0 Å². The van der Waals surface area contributed by atoms with Crippen molar-refractivity contribution in [1.29, 1.82) is 0 Å². The number of rotatable bonds is 51. The normalized spacial score (nSPS) is 20.4. The molecule has 0 aromatic heterocycles. The van der Waals surface area contributed by atoms with Gasteiger partial charge in [-0.25, -0.2) is 0 Å². The van der Waals surface area contributed by atoms with Crippen LogP contribution in [0.25, 0.3) is 0 Å². The van der Waals surface area contributed by atoms with Crippen molar-refractivity contribution in [2.24, 2.45) is 0 Å². The largest absolute Gasteiger partial charge is 0.394 e. The molecule has 1 amide bonds. The third kappa shape index (κ3) is 37.7. The fraction of sp³-hybridized carbons (Fsp3) is 0.852. The maximum Gasteiger partial charge on any atom is 0.249 e. The van der Waals surface area contributed by atoms with Crippen LogP contribution >= 0.6 is 0 Å². The molecule has 1 fully saturated rings. The maximum absolute atomic E-state index is 13.2. The fourth-order valence-corrected chi connectivity index (χ4v) is 9.41. The van der Waals surface area contributed by atoms with Gasteiger partial charge in [0.25, 0.3) is 0 Å². The summed E-state index contributed by atoms with van der Waals surface area (Å²) in [5.41, 5.74) is 0. The summed E-state index contributed by atoms with van der Waals surface area (Å²) >= 11 is 0. The minimum atomic E-state index is -1.68. The van der Waals surface area contributed by atoms with E-state index in [0.717, 1.165) is 57.8 Å². The molecular weight excluding hydrogens is 907 g/mol. The highest BCUT2D eigenvalue weighted by Crippen LogP contribution is 2.23. The zero-order valence-corrected chi connectivity index (χ0v) is 46.2. The van der Waals surface area contributed by atoms with Crippen molar-refractivity contribution < 1.29 is 50.0 Å². The first-order chi connectivity index (χ1) is 35.2. The zero-order valence-electron chi connectivity index (χ0n) is 46.2. The lowest BCUT2D eigenvalue weighted by atomic mass is 9.98. The second-order valence-corrected chi connectivity index (χ2v) is 21.0. The molecule has 8 N–H and O–H groups in total. The van der Waals surface area contributed by atoms with Crippen LogP contribution in [0.15, 0.2) is 48.6 Å². The van der Waals surface area contributed by atoms with E-state index < -0.39 is 74.2 Å². The first-order valence-corrected chi connectivity index (χ1v) is 30.0. The van der Waals surface area contributed by atoms with Gasteiger partial charge < -0.3 is 50.5 Å². The molecule has 1 rings (SSSR count). The summed E-state index contributed by atoms with van der Waals surface area (Å²) in [6.45, 7) is 3.45. The van der Waals surface area contributed by atoms with Crippen LogP contribution < -0.4 is 5.32 Å². The number of nitrogens with one attached hydrogen (secondary N) is 1. The molecule has 72 heavy (non-hydrogen) atoms. The summed E-state index contributed by atoms with van der Waals surface area (Å²) in [4.78, 5) is 13.2. The molecule has 9 unspecified atom stereocenters. The molecule has 0 aliphatic carbocycles. The number of carbonyl (C=O) groups is 1. The number of aliphatic hydroxyl groups is 7. The third-order valence-corrected chi connectivity index (χ3v) is 14.3. The van der Waals surface area contributed by atoms with Gasteiger partial charge in [-0.1, -0.05) is 223 Å². The highest BCUT2D eigenvalue weighted by atomic mass is 16.7. The molecule has 1 saturated heterocycles. The van der Waals surface area contributed by atoms with E-state index in [-0.39, 0.29) is 12.8 Å². The van der Waals surface area contributed by atoms with E-state index in [1.165, 1.54) is 161 Å². The topological polar surface area (TPSA) is 189 Å². The van der Waals surface area contributed by atoms with Gasteiger partial charge in [0, 0.05) is 0 Å². The monoisotopic (exact) mass is 1020 g/mol. The van der Waals surface area contributed by atoms with Crippen LogP contribution in [-0.4, -0.2) is 110 Å². The second-order valence-electron chi connectivity index (χ2n) is 21.0. The van der Waals surface area contributed by atoms with Crippen molar-refractivity contribution in [3.8, 4) is 0 Å². The van der Waals surface area contributed by atoms with E-state index in [0.29, 0.717) is 19.3 Å². The molecule has 0 radical (unpaired) electrons. The molecule has 1 heterocycles. The summed E-state index contributed by atoms with van der Waals surface area (Å²) < 4.78 is 11.1. The van der Waals surface area contributed by atoms with E-state index in [9.17, 15) is 40.5 Å². The number of hydrogen-bond donors (Lipinski definition) is 8. The molecule has 11 heteroatoms. The molecule has 0 aromatic carbocycles. The molecule has 422 valence electrons. The van der Waals surface area contributed by atoms with Crippen LogP contribution in [0, 0.1) is 0 Å². The molecule has 9 atom stereocenters. The van der Waals surface area contributed by atoms with Crippen molar-refractivity contribution in [3.05, 3.63) is 48.6 Å². The number of hydrogen-bond acceptors (Lipinski definition) is 10. The third-order valence-electron chi connectivity index (χ3n) is 14.3. The van der Waals surface area contributed by atoms with Gasteiger partial charge >= 0.3 is 0 Å². The molecule has 0 saturated carbocycles. The van der Waals surface area contributed by atoms with Crippen LogP contribution in [0.4, 0.5) is 0 Å². The zero-order chi connectivity index (χ0) is 52.5. The summed E-state index contributed by atoms with van der Waals surface area (Å²) in [7, 11) is 0. The van der Waals surface area contributed by atoms with Gasteiger partial charge in [0.15, 0.2) is 6.29 Å². The Labute approximate surface area is 440 Å². The summed E-state index contributed by atoms with van der Waals surface area (Å²) in [6.07, 6.45) is 51.6. The van der Waals surface area contributed by atoms with Gasteiger partial charge in [-0.3, -0.25) is 4.79 Å². The summed E-state index contributed by atoms with van der Waals surface area (Å²) in [5.74, 6) is -0.715. The summed E-state index contributed by atoms with van der Waals surface area (Å²) in [6, 6.07) is -1.20. The number of amides is 1. The average Bonchev–Trinajstić information content (AvgIpc) is 3.38. The van der Waals surface area contributed by atoms with E-state index in [2.05, 4.69) is 67.8 Å². The first kappa shape index (κ1) is 68.1. The number of unbranched alkanes of at least 4 members (excludes halogenated alkanes) is 31. The Bertz CT molecular complexity index is 1310.